The van der Waals surface area contributed by atoms with Gasteiger partial charge in [0.05, 0.1) is 22.7 Å². The van der Waals surface area contributed by atoms with Gasteiger partial charge < -0.3 is 15.2 Å². The normalized spacial score (nSPS) is 12.6. The third-order valence-corrected chi connectivity index (χ3v) is 3.37. The van der Waals surface area contributed by atoms with Gasteiger partial charge in [-0.2, -0.15) is 0 Å². The fourth-order valence-electron chi connectivity index (χ4n) is 1.27. The van der Waals surface area contributed by atoms with Gasteiger partial charge in [0.1, 0.15) is 5.75 Å². The molecule has 0 fully saturated rings. The number of rotatable bonds is 5. The maximum absolute atomic E-state index is 8.90. The van der Waals surface area contributed by atoms with E-state index >= 15 is 0 Å². The summed E-state index contributed by atoms with van der Waals surface area (Å²) >= 11 is 6.90. The highest BCUT2D eigenvalue weighted by Crippen LogP contribution is 2.34. The van der Waals surface area contributed by atoms with E-state index in [-0.39, 0.29) is 12.6 Å². The SMILES string of the molecule is COc1c(Br)cc(CNC(C)CO)cc1Br. The van der Waals surface area contributed by atoms with Crippen LogP contribution in [0.5, 0.6) is 5.75 Å². The molecule has 0 aliphatic heterocycles. The summed E-state index contributed by atoms with van der Waals surface area (Å²) in [6.07, 6.45) is 0. The smallest absolute Gasteiger partial charge is 0.147 e. The molecule has 0 radical (unpaired) electrons. The van der Waals surface area contributed by atoms with E-state index in [1.165, 1.54) is 0 Å². The molecule has 5 heteroatoms. The van der Waals surface area contributed by atoms with E-state index in [4.69, 9.17) is 9.84 Å². The first-order chi connectivity index (χ1) is 7.58. The van der Waals surface area contributed by atoms with Crippen molar-refractivity contribution in [2.45, 2.75) is 19.5 Å². The Morgan fingerprint density at radius 1 is 1.38 bits per heavy atom. The van der Waals surface area contributed by atoms with E-state index in [0.717, 1.165) is 20.3 Å². The van der Waals surface area contributed by atoms with Crippen LogP contribution < -0.4 is 10.1 Å². The van der Waals surface area contributed by atoms with Gasteiger partial charge in [0.15, 0.2) is 0 Å². The Kier molecular flexibility index (Phi) is 5.75. The number of ether oxygens (including phenoxy) is 1. The van der Waals surface area contributed by atoms with Gasteiger partial charge in [0, 0.05) is 12.6 Å². The summed E-state index contributed by atoms with van der Waals surface area (Å²) in [5, 5.41) is 12.1. The molecule has 0 saturated heterocycles. The number of hydrogen-bond acceptors (Lipinski definition) is 3. The molecule has 0 bridgehead atoms. The first-order valence-electron chi connectivity index (χ1n) is 4.94. The summed E-state index contributed by atoms with van der Waals surface area (Å²) in [6, 6.07) is 4.10. The molecule has 1 rings (SSSR count). The predicted molar refractivity (Wildman–Crippen MR) is 71.8 cm³/mol. The Balaban J connectivity index is 2.76. The molecular formula is C11H15Br2NO2. The second-order valence-corrected chi connectivity index (χ2v) is 5.27. The van der Waals surface area contributed by atoms with Crippen molar-refractivity contribution in [2.75, 3.05) is 13.7 Å². The molecule has 16 heavy (non-hydrogen) atoms. The molecule has 0 aromatic heterocycles. The van der Waals surface area contributed by atoms with Crippen molar-refractivity contribution in [3.8, 4) is 5.75 Å². The van der Waals surface area contributed by atoms with Gasteiger partial charge >= 0.3 is 0 Å². The molecule has 0 amide bonds. The summed E-state index contributed by atoms with van der Waals surface area (Å²) in [5.74, 6) is 0.791. The largest absolute Gasteiger partial charge is 0.494 e. The van der Waals surface area contributed by atoms with Gasteiger partial charge in [-0.25, -0.2) is 0 Å². The van der Waals surface area contributed by atoms with Crippen LogP contribution in [0.15, 0.2) is 21.1 Å². The molecule has 1 aromatic rings. The summed E-state index contributed by atoms with van der Waals surface area (Å²) in [6.45, 7) is 2.79. The number of nitrogens with one attached hydrogen (secondary N) is 1. The Morgan fingerprint density at radius 2 is 1.94 bits per heavy atom. The van der Waals surface area contributed by atoms with Crippen molar-refractivity contribution >= 4 is 31.9 Å². The van der Waals surface area contributed by atoms with Gasteiger partial charge in [-0.1, -0.05) is 0 Å². The summed E-state index contributed by atoms with van der Waals surface area (Å²) < 4.78 is 7.05. The van der Waals surface area contributed by atoms with E-state index in [0.29, 0.717) is 6.54 Å². The van der Waals surface area contributed by atoms with Crippen molar-refractivity contribution in [3.05, 3.63) is 26.6 Å². The lowest BCUT2D eigenvalue weighted by atomic mass is 10.2. The van der Waals surface area contributed by atoms with Gasteiger partial charge in [-0.05, 0) is 56.5 Å². The minimum atomic E-state index is 0.0969. The van der Waals surface area contributed by atoms with Crippen LogP contribution in [0.3, 0.4) is 0 Å². The number of benzene rings is 1. The Hall–Kier alpha value is -0.100. The molecule has 0 heterocycles. The third kappa shape index (κ3) is 3.73. The molecule has 1 aromatic carbocycles. The maximum Gasteiger partial charge on any atom is 0.147 e. The average Bonchev–Trinajstić information content (AvgIpc) is 2.25. The lowest BCUT2D eigenvalue weighted by molar-refractivity contribution is 0.251. The van der Waals surface area contributed by atoms with Crippen molar-refractivity contribution in [2.24, 2.45) is 0 Å². The Bertz CT molecular complexity index is 335. The fraction of sp³-hybridized carbons (Fsp3) is 0.455. The van der Waals surface area contributed by atoms with Crippen LogP contribution in [0, 0.1) is 0 Å². The second-order valence-electron chi connectivity index (χ2n) is 3.56. The third-order valence-electron chi connectivity index (χ3n) is 2.19. The zero-order chi connectivity index (χ0) is 12.1. The predicted octanol–water partition coefficient (Wildman–Crippen LogP) is 2.69. The molecule has 3 nitrogen and oxygen atoms in total. The number of hydrogen-bond donors (Lipinski definition) is 2. The molecule has 1 unspecified atom stereocenters. The molecule has 2 N–H and O–H groups in total. The number of aliphatic hydroxyl groups is 1. The molecule has 1 atom stereocenters. The standard InChI is InChI=1S/C11H15Br2NO2/c1-7(6-15)14-5-8-3-9(12)11(16-2)10(13)4-8/h3-4,7,14-15H,5-6H2,1-2H3. The van der Waals surface area contributed by atoms with E-state index < -0.39 is 0 Å². The highest BCUT2D eigenvalue weighted by Gasteiger charge is 2.08. The molecule has 0 aliphatic rings. The van der Waals surface area contributed by atoms with Gasteiger partial charge in [-0.3, -0.25) is 0 Å². The lowest BCUT2D eigenvalue weighted by Gasteiger charge is -2.13. The van der Waals surface area contributed by atoms with Crippen molar-refractivity contribution in [3.63, 3.8) is 0 Å². The van der Waals surface area contributed by atoms with E-state index in [2.05, 4.69) is 37.2 Å². The number of aliphatic hydroxyl groups excluding tert-OH is 1. The fourth-order valence-corrected chi connectivity index (χ4v) is 2.87. The zero-order valence-corrected chi connectivity index (χ0v) is 12.4. The first kappa shape index (κ1) is 14.0. The topological polar surface area (TPSA) is 41.5 Å². The molecule has 0 saturated carbocycles. The summed E-state index contributed by atoms with van der Waals surface area (Å²) in [5.41, 5.74) is 1.12. The summed E-state index contributed by atoms with van der Waals surface area (Å²) in [4.78, 5) is 0. The molecular weight excluding hydrogens is 338 g/mol. The minimum absolute atomic E-state index is 0.0969. The van der Waals surface area contributed by atoms with Crippen LogP contribution in [0.25, 0.3) is 0 Å². The van der Waals surface area contributed by atoms with Crippen molar-refractivity contribution < 1.29 is 9.84 Å². The van der Waals surface area contributed by atoms with Crippen LogP contribution >= 0.6 is 31.9 Å². The van der Waals surface area contributed by atoms with Gasteiger partial charge in [0.2, 0.25) is 0 Å². The number of methoxy groups -OCH3 is 1. The Morgan fingerprint density at radius 3 is 2.38 bits per heavy atom. The quantitative estimate of drug-likeness (QED) is 0.856. The van der Waals surface area contributed by atoms with Crippen LogP contribution in [-0.4, -0.2) is 24.9 Å². The molecule has 0 aliphatic carbocycles. The lowest BCUT2D eigenvalue weighted by Crippen LogP contribution is -2.28. The highest BCUT2D eigenvalue weighted by molar-refractivity contribution is 9.11. The second kappa shape index (κ2) is 6.59. The average molecular weight is 353 g/mol. The van der Waals surface area contributed by atoms with Gasteiger partial charge in [0.25, 0.3) is 0 Å². The molecule has 90 valence electrons. The van der Waals surface area contributed by atoms with Crippen LogP contribution in [0.1, 0.15) is 12.5 Å². The highest BCUT2D eigenvalue weighted by atomic mass is 79.9. The van der Waals surface area contributed by atoms with Gasteiger partial charge in [-0.15, -0.1) is 0 Å². The van der Waals surface area contributed by atoms with E-state index in [1.54, 1.807) is 7.11 Å². The van der Waals surface area contributed by atoms with Crippen LogP contribution in [0.4, 0.5) is 0 Å². The number of halogens is 2. The minimum Gasteiger partial charge on any atom is -0.494 e. The van der Waals surface area contributed by atoms with Crippen LogP contribution in [0.2, 0.25) is 0 Å². The first-order valence-corrected chi connectivity index (χ1v) is 6.53. The van der Waals surface area contributed by atoms with Crippen molar-refractivity contribution in [1.82, 2.24) is 5.32 Å². The zero-order valence-electron chi connectivity index (χ0n) is 9.26. The molecule has 0 spiro atoms. The Labute approximate surface area is 112 Å². The summed E-state index contributed by atoms with van der Waals surface area (Å²) in [7, 11) is 1.64. The van der Waals surface area contributed by atoms with E-state index in [9.17, 15) is 0 Å². The monoisotopic (exact) mass is 351 g/mol. The maximum atomic E-state index is 8.90. The van der Waals surface area contributed by atoms with E-state index in [1.807, 2.05) is 19.1 Å². The van der Waals surface area contributed by atoms with Crippen molar-refractivity contribution in [1.29, 1.82) is 0 Å². The van der Waals surface area contributed by atoms with Crippen LogP contribution in [-0.2, 0) is 6.54 Å².